The molecule has 1 heterocycles. The number of halogens is 9. The van der Waals surface area contributed by atoms with Gasteiger partial charge >= 0.3 is 24.1 Å². The molecule has 3 rings (SSSR count). The maximum Gasteiger partial charge on any atom is 0.435 e. The second-order valence-electron chi connectivity index (χ2n) is 9.15. The molecule has 0 spiro atoms. The van der Waals surface area contributed by atoms with Gasteiger partial charge in [0.2, 0.25) is 7.49 Å². The van der Waals surface area contributed by atoms with Crippen LogP contribution in [-0.2, 0) is 15.7 Å². The summed E-state index contributed by atoms with van der Waals surface area (Å²) in [6.45, 7) is 4.31. The van der Waals surface area contributed by atoms with Crippen molar-refractivity contribution < 1.29 is 49.1 Å². The first kappa shape index (κ1) is 26.8. The Balaban J connectivity index is 2.56. The van der Waals surface area contributed by atoms with E-state index < -0.39 is 64.1 Å². The van der Waals surface area contributed by atoms with Crippen LogP contribution in [0.15, 0.2) is 48.5 Å². The molecule has 0 fully saturated rings. The van der Waals surface area contributed by atoms with Gasteiger partial charge in [0.1, 0.15) is 15.8 Å². The number of fused-ring (bicyclic) bond motifs is 1. The van der Waals surface area contributed by atoms with Gasteiger partial charge in [0, 0.05) is 5.56 Å². The number of benzene rings is 2. The summed E-state index contributed by atoms with van der Waals surface area (Å²) in [4.78, 5) is 0. The number of hydrogen-bond acceptors (Lipinski definition) is 2. The number of rotatable bonds is 2. The molecule has 0 saturated heterocycles. The molecule has 0 bridgehead atoms. The van der Waals surface area contributed by atoms with Crippen LogP contribution in [-0.4, -0.2) is 28.8 Å². The minimum Gasteiger partial charge on any atom is -0.376 e. The highest BCUT2D eigenvalue weighted by Crippen LogP contribution is 2.79. The van der Waals surface area contributed by atoms with Gasteiger partial charge in [0.25, 0.3) is 0 Å². The monoisotopic (exact) mass is 519 g/mol. The van der Waals surface area contributed by atoms with Gasteiger partial charge in [0.15, 0.2) is 5.60 Å². The smallest absolute Gasteiger partial charge is 0.376 e. The minimum absolute atomic E-state index is 0.397. The third-order valence-electron chi connectivity index (χ3n) is 5.96. The average molecular weight is 519 g/mol. The van der Waals surface area contributed by atoms with Crippen molar-refractivity contribution in [2.24, 2.45) is 0 Å². The first-order valence-electron chi connectivity index (χ1n) is 9.89. The van der Waals surface area contributed by atoms with E-state index in [9.17, 15) is 44.6 Å². The van der Waals surface area contributed by atoms with Gasteiger partial charge in [-0.2, -0.15) is 44.0 Å². The van der Waals surface area contributed by atoms with Crippen LogP contribution in [0.25, 0.3) is 0 Å². The van der Waals surface area contributed by atoms with E-state index in [0.29, 0.717) is 13.0 Å². The van der Waals surface area contributed by atoms with E-state index in [1.165, 1.54) is 32.9 Å². The molecule has 2 aromatic carbocycles. The van der Waals surface area contributed by atoms with Crippen molar-refractivity contribution in [1.29, 1.82) is 0 Å². The Labute approximate surface area is 190 Å². The van der Waals surface area contributed by atoms with Crippen LogP contribution in [0.4, 0.5) is 39.5 Å². The van der Waals surface area contributed by atoms with Crippen LogP contribution in [0.2, 0.25) is 0 Å². The summed E-state index contributed by atoms with van der Waals surface area (Å²) >= 11 is 0. The highest BCUT2D eigenvalue weighted by Gasteiger charge is 2.85. The lowest BCUT2D eigenvalue weighted by Gasteiger charge is -2.39. The Morgan fingerprint density at radius 3 is 1.59 bits per heavy atom. The van der Waals surface area contributed by atoms with Crippen molar-refractivity contribution in [2.45, 2.75) is 62.6 Å². The minimum atomic E-state index is -5.99. The van der Waals surface area contributed by atoms with Gasteiger partial charge in [-0.3, -0.25) is 0 Å². The molecule has 0 radical (unpaired) electrons. The van der Waals surface area contributed by atoms with Crippen LogP contribution >= 0.6 is 7.49 Å². The molecule has 1 unspecified atom stereocenters. The van der Waals surface area contributed by atoms with Crippen molar-refractivity contribution in [3.8, 4) is 0 Å². The molecule has 1 aliphatic heterocycles. The molecule has 1 aliphatic rings. The van der Waals surface area contributed by atoms with Crippen molar-refractivity contribution in [1.82, 2.24) is 0 Å². The molecular formula is C22H21F9O2P+. The van der Waals surface area contributed by atoms with Crippen molar-refractivity contribution in [3.05, 3.63) is 59.7 Å². The normalized spacial score (nSPS) is 22.9. The van der Waals surface area contributed by atoms with Crippen LogP contribution in [0, 0.1) is 0 Å². The lowest BCUT2D eigenvalue weighted by atomic mass is 9.92. The fourth-order valence-corrected chi connectivity index (χ4v) is 8.96. The first-order valence-corrected chi connectivity index (χ1v) is 11.6. The van der Waals surface area contributed by atoms with E-state index in [0.717, 1.165) is 30.3 Å². The molecule has 0 amide bonds. The Morgan fingerprint density at radius 1 is 0.706 bits per heavy atom. The average Bonchev–Trinajstić information content (AvgIpc) is 3.00. The van der Waals surface area contributed by atoms with E-state index >= 15 is 0 Å². The van der Waals surface area contributed by atoms with Crippen molar-refractivity contribution >= 4 is 18.1 Å². The lowest BCUT2D eigenvalue weighted by molar-refractivity contribution is -0.362. The molecule has 12 heteroatoms. The molecule has 34 heavy (non-hydrogen) atoms. The largest absolute Gasteiger partial charge is 0.435 e. The second-order valence-corrected chi connectivity index (χ2v) is 12.9. The van der Waals surface area contributed by atoms with Crippen molar-refractivity contribution in [3.63, 3.8) is 0 Å². The van der Waals surface area contributed by atoms with E-state index in [-0.39, 0.29) is 0 Å². The van der Waals surface area contributed by atoms with Gasteiger partial charge in [-0.15, -0.1) is 0 Å². The summed E-state index contributed by atoms with van der Waals surface area (Å²) in [7, 11) is -4.39. The van der Waals surface area contributed by atoms with Gasteiger partial charge in [-0.1, -0.05) is 36.4 Å². The van der Waals surface area contributed by atoms with Crippen LogP contribution in [0.5, 0.6) is 0 Å². The van der Waals surface area contributed by atoms with Crippen molar-refractivity contribution in [2.75, 3.05) is 0 Å². The summed E-state index contributed by atoms with van der Waals surface area (Å²) < 4.78 is 132. The molecule has 0 aliphatic carbocycles. The zero-order valence-corrected chi connectivity index (χ0v) is 19.2. The van der Waals surface area contributed by atoms with Crippen LogP contribution < -0.4 is 10.6 Å². The standard InChI is InChI=1S/C22H21F9O2P/c1-17(2,3)34(15-11-7-5-9-13(15)18(4,32)20(23,24)25)16-12-8-6-10-14(16)19(33-34,21(26,27)28)22(29,30)31/h5-12,32H,1-4H3/q+1/t18-,34?/m1/s1. The Bertz CT molecular complexity index is 1070. The third kappa shape index (κ3) is 3.45. The maximum atomic E-state index is 14.3. The predicted molar refractivity (Wildman–Crippen MR) is 109 cm³/mol. The summed E-state index contributed by atoms with van der Waals surface area (Å²) in [5.41, 5.74) is -10.4. The van der Waals surface area contributed by atoms with Gasteiger partial charge in [-0.25, -0.2) is 0 Å². The lowest BCUT2D eigenvalue weighted by Crippen LogP contribution is -2.54. The Hall–Kier alpha value is -1.84. The maximum absolute atomic E-state index is 14.3. The molecule has 188 valence electrons. The predicted octanol–water partition coefficient (Wildman–Crippen LogP) is 6.49. The number of alkyl halides is 9. The molecular weight excluding hydrogens is 498 g/mol. The zero-order chi connectivity index (χ0) is 26.2. The van der Waals surface area contributed by atoms with E-state index in [4.69, 9.17) is 4.52 Å². The van der Waals surface area contributed by atoms with E-state index in [1.54, 1.807) is 0 Å². The molecule has 2 atom stereocenters. The zero-order valence-electron chi connectivity index (χ0n) is 18.3. The SMILES string of the molecule is CC(C)(C)[P+]1(c2ccccc2[C@@](C)(O)C(F)(F)F)OC(C(F)(F)F)(C(F)(F)F)c2ccccc21. The third-order valence-corrected chi connectivity index (χ3v) is 10.5. The summed E-state index contributed by atoms with van der Waals surface area (Å²) in [5.74, 6) is 0. The molecule has 0 saturated carbocycles. The van der Waals surface area contributed by atoms with Crippen LogP contribution in [0.3, 0.4) is 0 Å². The molecule has 0 aromatic heterocycles. The van der Waals surface area contributed by atoms with E-state index in [1.807, 2.05) is 0 Å². The van der Waals surface area contributed by atoms with E-state index in [2.05, 4.69) is 0 Å². The quantitative estimate of drug-likeness (QED) is 0.363. The fourth-order valence-electron chi connectivity index (χ4n) is 4.27. The van der Waals surface area contributed by atoms with Gasteiger partial charge < -0.3 is 5.11 Å². The number of aliphatic hydroxyl groups is 1. The van der Waals surface area contributed by atoms with Gasteiger partial charge in [0.05, 0.1) is 5.56 Å². The summed E-state index contributed by atoms with van der Waals surface area (Å²) in [6, 6.07) is 7.97. The summed E-state index contributed by atoms with van der Waals surface area (Å²) in [5, 5.41) is 7.86. The highest BCUT2D eigenvalue weighted by atomic mass is 31.2. The van der Waals surface area contributed by atoms with Crippen LogP contribution in [0.1, 0.15) is 38.8 Å². The molecule has 1 N–H and O–H groups in total. The first-order chi connectivity index (χ1) is 15.2. The second kappa shape index (κ2) is 7.58. The molecule has 2 nitrogen and oxygen atoms in total. The fraction of sp³-hybridized carbons (Fsp3) is 0.455. The Morgan fingerprint density at radius 2 is 1.15 bits per heavy atom. The highest BCUT2D eigenvalue weighted by molar-refractivity contribution is 7.87. The molecule has 2 aromatic rings. The summed E-state index contributed by atoms with van der Waals surface area (Å²) in [6.07, 6.45) is -17.3. The number of hydrogen-bond donors (Lipinski definition) is 1. The Kier molecular flexibility index (Phi) is 5.96. The topological polar surface area (TPSA) is 29.5 Å². The van der Waals surface area contributed by atoms with Gasteiger partial charge in [-0.05, 0) is 39.8 Å².